The fourth-order valence-corrected chi connectivity index (χ4v) is 8.42. The van der Waals surface area contributed by atoms with Gasteiger partial charge in [-0.3, -0.25) is 9.78 Å². The van der Waals surface area contributed by atoms with Crippen molar-refractivity contribution >= 4 is 44.3 Å². The Hall–Kier alpha value is -3.18. The van der Waals surface area contributed by atoms with Crippen molar-refractivity contribution in [1.82, 2.24) is 4.98 Å². The van der Waals surface area contributed by atoms with Crippen LogP contribution in [0.15, 0.2) is 88.8 Å². The molecule has 2 unspecified atom stereocenters. The van der Waals surface area contributed by atoms with Crippen molar-refractivity contribution in [2.24, 2.45) is 16.7 Å². The van der Waals surface area contributed by atoms with Crippen LogP contribution in [0.25, 0.3) is 38.0 Å². The largest absolute Gasteiger partial charge is 0.512 e. The van der Waals surface area contributed by atoms with Crippen molar-refractivity contribution in [3.8, 4) is 11.3 Å². The molecule has 4 nitrogen and oxygen atoms in total. The van der Waals surface area contributed by atoms with E-state index in [1.54, 1.807) is 0 Å². The first-order chi connectivity index (χ1) is 24.1. The van der Waals surface area contributed by atoms with E-state index in [1.165, 1.54) is 33.1 Å². The van der Waals surface area contributed by atoms with E-state index in [0.717, 1.165) is 53.3 Å². The Kier molecular flexibility index (Phi) is 13.2. The van der Waals surface area contributed by atoms with Crippen molar-refractivity contribution < 1.29 is 34.4 Å². The molecular formula is C46H56IrNO3S-. The third kappa shape index (κ3) is 8.15. The molecule has 1 radical (unpaired) electrons. The van der Waals surface area contributed by atoms with E-state index in [-0.39, 0.29) is 47.9 Å². The number of fused-ring (bicyclic) bond motifs is 3. The number of hydrogen-bond acceptors (Lipinski definition) is 5. The minimum Gasteiger partial charge on any atom is -0.512 e. The summed E-state index contributed by atoms with van der Waals surface area (Å²) in [5.41, 5.74) is 7.11. The van der Waals surface area contributed by atoms with Gasteiger partial charge in [0.25, 0.3) is 0 Å². The van der Waals surface area contributed by atoms with Crippen molar-refractivity contribution in [2.45, 2.75) is 113 Å². The first-order valence-electron chi connectivity index (χ1n) is 18.6. The molecule has 2 atom stereocenters. The number of pyridine rings is 1. The number of allylic oxidation sites excluding steroid dienone is 6. The first kappa shape index (κ1) is 41.6. The fourth-order valence-electron chi connectivity index (χ4n) is 6.93. The molecule has 1 aliphatic heterocycles. The number of thioether (sulfide) groups is 1. The van der Waals surface area contributed by atoms with Gasteiger partial charge in [-0.1, -0.05) is 127 Å². The molecule has 2 aliphatic rings. The molecule has 0 saturated heterocycles. The second kappa shape index (κ2) is 16.5. The topological polar surface area (TPSA) is 63.3 Å². The zero-order valence-electron chi connectivity index (χ0n) is 32.9. The van der Waals surface area contributed by atoms with Gasteiger partial charge in [0.1, 0.15) is 5.76 Å². The molecule has 2 aromatic heterocycles. The third-order valence-electron chi connectivity index (χ3n) is 11.6. The summed E-state index contributed by atoms with van der Waals surface area (Å²) in [6.07, 6.45) is 15.6. The summed E-state index contributed by atoms with van der Waals surface area (Å²) in [6.45, 7) is 23.3. The van der Waals surface area contributed by atoms with Crippen molar-refractivity contribution in [1.29, 1.82) is 0 Å². The first-order valence-corrected chi connectivity index (χ1v) is 19.5. The molecule has 0 saturated carbocycles. The molecule has 279 valence electrons. The monoisotopic (exact) mass is 895 g/mol. The maximum absolute atomic E-state index is 12.2. The smallest absolute Gasteiger partial charge is 0.219 e. The molecule has 6 heteroatoms. The molecule has 1 N–H and O–H groups in total. The number of carbonyl (C=O) groups excluding carboxylic acids is 1. The van der Waals surface area contributed by atoms with E-state index >= 15 is 0 Å². The number of furan rings is 1. The van der Waals surface area contributed by atoms with Crippen LogP contribution in [0.2, 0.25) is 0 Å². The van der Waals surface area contributed by atoms with Gasteiger partial charge in [-0.05, 0) is 56.1 Å². The van der Waals surface area contributed by atoms with Crippen LogP contribution in [0.1, 0.15) is 112 Å². The molecule has 6 rings (SSSR count). The number of nitrogens with zero attached hydrogens (tertiary/aromatic N) is 1. The zero-order chi connectivity index (χ0) is 37.3. The van der Waals surface area contributed by atoms with Gasteiger partial charge in [-0.2, -0.15) is 0 Å². The molecule has 3 heterocycles. The zero-order valence-corrected chi connectivity index (χ0v) is 36.1. The van der Waals surface area contributed by atoms with Gasteiger partial charge in [-0.15, -0.1) is 40.9 Å². The standard InChI is InChI=1S/C31H28NOS.C15H28O2.Ir/c1-18-17-33-30-28(18)24(29-19(2)22-11-8-9-13-27(22)34-29)16-26(32-30)21-14-20-10-6-7-12-23(20)25(15-21)31(3,4)5;1-7-14(5,8-2)12(16)11-13(17)15(6,9-3)10-4;/h6-13,15-17,22,27H,1-5H3;11,16H,7-10H2,1-6H3;/q-1;;/b;12-11-;. The van der Waals surface area contributed by atoms with E-state index in [1.807, 2.05) is 59.6 Å². The van der Waals surface area contributed by atoms with Gasteiger partial charge < -0.3 is 9.52 Å². The number of carbonyl (C=O) groups is 1. The number of rotatable bonds is 9. The maximum atomic E-state index is 12.2. The number of aromatic nitrogens is 1. The quantitative estimate of drug-likeness (QED) is 0.103. The molecule has 4 aromatic rings. The van der Waals surface area contributed by atoms with Gasteiger partial charge in [-0.25, -0.2) is 0 Å². The number of aryl methyl sites for hydroxylation is 1. The van der Waals surface area contributed by atoms with Gasteiger partial charge >= 0.3 is 0 Å². The summed E-state index contributed by atoms with van der Waals surface area (Å²) < 4.78 is 5.97. The molecule has 1 aliphatic carbocycles. The number of hydrogen-bond donors (Lipinski definition) is 1. The summed E-state index contributed by atoms with van der Waals surface area (Å²) in [5.74, 6) is 0.734. The Labute approximate surface area is 329 Å². The Morgan fingerprint density at radius 3 is 2.19 bits per heavy atom. The molecule has 0 fully saturated rings. The van der Waals surface area contributed by atoms with Crippen LogP contribution in [0.3, 0.4) is 0 Å². The average molecular weight is 895 g/mol. The Morgan fingerprint density at radius 1 is 0.942 bits per heavy atom. The molecule has 52 heavy (non-hydrogen) atoms. The third-order valence-corrected chi connectivity index (χ3v) is 13.1. The summed E-state index contributed by atoms with van der Waals surface area (Å²) in [7, 11) is 0. The SMILES string of the molecule is CC1=C(c2cc(-c3[c-]c4ccccc4c(C(C)(C)C)c3)nc3occ(C)c23)SC2C=CC=CC12.CCC(C)(CC)C(=O)/C=C(\O)C(C)(CC)CC.[Ir]. The molecular weight excluding hydrogens is 839 g/mol. The van der Waals surface area contributed by atoms with Gasteiger partial charge in [0.05, 0.1) is 11.6 Å². The molecule has 0 bridgehead atoms. The van der Waals surface area contributed by atoms with E-state index in [4.69, 9.17) is 9.40 Å². The van der Waals surface area contributed by atoms with Crippen LogP contribution in [0.5, 0.6) is 0 Å². The van der Waals surface area contributed by atoms with Crippen LogP contribution in [-0.4, -0.2) is 21.1 Å². The number of aliphatic hydroxyl groups excluding tert-OH is 1. The molecule has 2 aromatic carbocycles. The summed E-state index contributed by atoms with van der Waals surface area (Å²) in [4.78, 5) is 18.5. The van der Waals surface area contributed by atoms with Gasteiger partial charge in [0.2, 0.25) is 5.71 Å². The summed E-state index contributed by atoms with van der Waals surface area (Å²) in [6, 6.07) is 16.7. The Balaban J connectivity index is 0.000000289. The normalized spacial score (nSPS) is 17.6. The van der Waals surface area contributed by atoms with E-state index in [9.17, 15) is 9.90 Å². The molecule has 0 amide bonds. The number of ketones is 1. The van der Waals surface area contributed by atoms with Crippen LogP contribution in [0.4, 0.5) is 0 Å². The number of aliphatic hydroxyl groups is 1. The van der Waals surface area contributed by atoms with E-state index in [0.29, 0.717) is 16.9 Å². The van der Waals surface area contributed by atoms with Crippen molar-refractivity contribution in [3.63, 3.8) is 0 Å². The second-order valence-electron chi connectivity index (χ2n) is 15.9. The van der Waals surface area contributed by atoms with E-state index < -0.39 is 0 Å². The number of benzene rings is 2. The summed E-state index contributed by atoms with van der Waals surface area (Å²) in [5, 5.41) is 14.1. The maximum Gasteiger partial charge on any atom is 0.219 e. The van der Waals surface area contributed by atoms with Crippen LogP contribution < -0.4 is 0 Å². The van der Waals surface area contributed by atoms with Gasteiger partial charge in [0.15, 0.2) is 5.78 Å². The van der Waals surface area contributed by atoms with Crippen LogP contribution >= 0.6 is 11.8 Å². The van der Waals surface area contributed by atoms with E-state index in [2.05, 4.69) is 101 Å². The van der Waals surface area contributed by atoms with Crippen LogP contribution in [0, 0.1) is 29.7 Å². The van der Waals surface area contributed by atoms with Crippen molar-refractivity contribution in [3.05, 3.63) is 107 Å². The molecule has 0 spiro atoms. The Bertz CT molecular complexity index is 2050. The minimum absolute atomic E-state index is 0. The predicted molar refractivity (Wildman–Crippen MR) is 218 cm³/mol. The minimum atomic E-state index is -0.337. The summed E-state index contributed by atoms with van der Waals surface area (Å²) >= 11 is 1.96. The van der Waals surface area contributed by atoms with Crippen molar-refractivity contribution in [2.75, 3.05) is 0 Å². The van der Waals surface area contributed by atoms with Crippen LogP contribution in [-0.2, 0) is 30.3 Å². The predicted octanol–water partition coefficient (Wildman–Crippen LogP) is 13.3. The van der Waals surface area contributed by atoms with Gasteiger partial charge in [0, 0.05) is 58.8 Å². The Morgan fingerprint density at radius 2 is 1.58 bits per heavy atom. The average Bonchev–Trinajstić information content (AvgIpc) is 3.68. The fraction of sp³-hybridized carbons (Fsp3) is 0.435. The second-order valence-corrected chi connectivity index (χ2v) is 17.1.